The first kappa shape index (κ1) is 14.9. The van der Waals surface area contributed by atoms with Crippen LogP contribution >= 0.6 is 11.3 Å². The lowest BCUT2D eigenvalue weighted by Crippen LogP contribution is -2.28. The molecule has 0 radical (unpaired) electrons. The van der Waals surface area contributed by atoms with Crippen molar-refractivity contribution < 1.29 is 4.79 Å². The number of thiazole rings is 1. The minimum Gasteiger partial charge on any atom is -0.302 e. The smallest absolute Gasteiger partial charge is 0.229 e. The highest BCUT2D eigenvalue weighted by atomic mass is 32.1. The van der Waals surface area contributed by atoms with Crippen LogP contribution in [0.3, 0.4) is 0 Å². The Bertz CT molecular complexity index is 872. The fourth-order valence-corrected chi connectivity index (χ4v) is 3.70. The van der Waals surface area contributed by atoms with Crippen LogP contribution in [0.5, 0.6) is 0 Å². The molecule has 0 aromatic carbocycles. The third-order valence-corrected chi connectivity index (χ3v) is 5.15. The monoisotopic (exact) mass is 340 g/mol. The number of aromatic nitrogens is 5. The van der Waals surface area contributed by atoms with Gasteiger partial charge in [-0.1, -0.05) is 22.6 Å². The van der Waals surface area contributed by atoms with Gasteiger partial charge in [0.25, 0.3) is 0 Å². The summed E-state index contributed by atoms with van der Waals surface area (Å²) in [5, 5.41) is 11.7. The molecule has 24 heavy (non-hydrogen) atoms. The number of aryl methyl sites for hydroxylation is 2. The highest BCUT2D eigenvalue weighted by molar-refractivity contribution is 7.19. The van der Waals surface area contributed by atoms with Gasteiger partial charge in [-0.15, -0.1) is 5.10 Å². The van der Waals surface area contributed by atoms with Crippen molar-refractivity contribution in [3.63, 3.8) is 0 Å². The minimum atomic E-state index is -0.0723. The second-order valence-corrected chi connectivity index (χ2v) is 6.81. The van der Waals surface area contributed by atoms with Crippen molar-refractivity contribution >= 4 is 22.4 Å². The molecule has 1 aliphatic rings. The maximum Gasteiger partial charge on any atom is 0.229 e. The summed E-state index contributed by atoms with van der Waals surface area (Å²) in [7, 11) is 1.87. The molecule has 0 saturated heterocycles. The molecule has 1 N–H and O–H groups in total. The second-order valence-electron chi connectivity index (χ2n) is 5.78. The Morgan fingerprint density at radius 3 is 3.12 bits per heavy atom. The largest absolute Gasteiger partial charge is 0.302 e. The molecule has 3 aromatic heterocycles. The highest BCUT2D eigenvalue weighted by Crippen LogP contribution is 2.29. The molecule has 0 aliphatic heterocycles. The number of pyridine rings is 1. The number of carbonyl (C=O) groups excluding carboxylic acids is 1. The Hall–Kier alpha value is -2.61. The van der Waals surface area contributed by atoms with Crippen LogP contribution < -0.4 is 5.32 Å². The number of fused-ring (bicyclic) bond motifs is 1. The van der Waals surface area contributed by atoms with Gasteiger partial charge in [0, 0.05) is 31.8 Å². The number of anilines is 1. The molecule has 3 aromatic rings. The molecule has 0 spiro atoms. The average molecular weight is 340 g/mol. The lowest BCUT2D eigenvalue weighted by atomic mass is 9.89. The quantitative estimate of drug-likeness (QED) is 0.789. The Balaban J connectivity index is 1.46. The number of carbonyl (C=O) groups is 1. The van der Waals surface area contributed by atoms with Gasteiger partial charge in [-0.2, -0.15) is 0 Å². The predicted molar refractivity (Wildman–Crippen MR) is 90.5 cm³/mol. The van der Waals surface area contributed by atoms with E-state index in [-0.39, 0.29) is 11.8 Å². The van der Waals surface area contributed by atoms with E-state index < -0.39 is 0 Å². The second kappa shape index (κ2) is 6.12. The van der Waals surface area contributed by atoms with E-state index in [1.165, 1.54) is 11.3 Å². The molecule has 1 aliphatic carbocycles. The van der Waals surface area contributed by atoms with Gasteiger partial charge < -0.3 is 5.32 Å². The number of amides is 1. The van der Waals surface area contributed by atoms with Gasteiger partial charge in [-0.3, -0.25) is 14.5 Å². The first-order valence-electron chi connectivity index (χ1n) is 7.76. The molecule has 122 valence electrons. The summed E-state index contributed by atoms with van der Waals surface area (Å²) in [6, 6.07) is 5.73. The molecular formula is C16H16N6OS. The van der Waals surface area contributed by atoms with Crippen molar-refractivity contribution in [2.24, 2.45) is 13.0 Å². The number of rotatable bonds is 3. The lowest BCUT2D eigenvalue weighted by Gasteiger charge is -2.20. The summed E-state index contributed by atoms with van der Waals surface area (Å²) in [4.78, 5) is 22.1. The van der Waals surface area contributed by atoms with E-state index in [4.69, 9.17) is 0 Å². The highest BCUT2D eigenvalue weighted by Gasteiger charge is 2.28. The van der Waals surface area contributed by atoms with Crippen LogP contribution in [0.15, 0.2) is 30.6 Å². The van der Waals surface area contributed by atoms with E-state index in [0.29, 0.717) is 11.6 Å². The van der Waals surface area contributed by atoms with E-state index in [1.807, 2.05) is 25.2 Å². The van der Waals surface area contributed by atoms with Crippen molar-refractivity contribution in [3.8, 4) is 10.6 Å². The van der Waals surface area contributed by atoms with Crippen molar-refractivity contribution in [2.75, 3.05) is 5.32 Å². The fourth-order valence-electron chi connectivity index (χ4n) is 2.90. The SMILES string of the molecule is Cn1nnc2c1CC(C(=O)Nc1ncc(-c3ccccn3)s1)CC2. The normalized spacial score (nSPS) is 16.6. The first-order chi connectivity index (χ1) is 11.7. The topological polar surface area (TPSA) is 85.6 Å². The van der Waals surface area contributed by atoms with E-state index in [1.54, 1.807) is 17.1 Å². The van der Waals surface area contributed by atoms with E-state index in [2.05, 4.69) is 25.6 Å². The predicted octanol–water partition coefficient (Wildman–Crippen LogP) is 2.08. The molecule has 0 fully saturated rings. The zero-order valence-corrected chi connectivity index (χ0v) is 14.0. The van der Waals surface area contributed by atoms with Crippen LogP contribution in [0.25, 0.3) is 10.6 Å². The van der Waals surface area contributed by atoms with E-state index in [0.717, 1.165) is 34.8 Å². The molecule has 1 atom stereocenters. The summed E-state index contributed by atoms with van der Waals surface area (Å²) in [5.41, 5.74) is 2.92. The van der Waals surface area contributed by atoms with E-state index >= 15 is 0 Å². The van der Waals surface area contributed by atoms with Crippen molar-refractivity contribution in [3.05, 3.63) is 42.0 Å². The van der Waals surface area contributed by atoms with Crippen molar-refractivity contribution in [2.45, 2.75) is 19.3 Å². The fraction of sp³-hybridized carbons (Fsp3) is 0.312. The molecule has 8 heteroatoms. The standard InChI is InChI=1S/C16H16N6OS/c1-22-13-8-10(5-6-11(13)20-21-22)15(23)19-16-18-9-14(24-16)12-4-2-3-7-17-12/h2-4,7,9-10H,5-6,8H2,1H3,(H,18,19,23). The van der Waals surface area contributed by atoms with Crippen molar-refractivity contribution in [1.29, 1.82) is 0 Å². The van der Waals surface area contributed by atoms with Crippen LogP contribution in [-0.4, -0.2) is 30.9 Å². The lowest BCUT2D eigenvalue weighted by molar-refractivity contribution is -0.120. The molecule has 4 rings (SSSR count). The van der Waals surface area contributed by atoms with Crippen LogP contribution in [0, 0.1) is 5.92 Å². The molecule has 7 nitrogen and oxygen atoms in total. The summed E-state index contributed by atoms with van der Waals surface area (Å²) >= 11 is 1.43. The molecular weight excluding hydrogens is 324 g/mol. The Labute approximate surface area is 142 Å². The summed E-state index contributed by atoms with van der Waals surface area (Å²) in [6.45, 7) is 0. The Morgan fingerprint density at radius 1 is 1.38 bits per heavy atom. The molecule has 1 unspecified atom stereocenters. The van der Waals surface area contributed by atoms with E-state index in [9.17, 15) is 4.79 Å². The summed E-state index contributed by atoms with van der Waals surface area (Å²) in [5.74, 6) is -0.0688. The number of nitrogens with zero attached hydrogens (tertiary/aromatic N) is 5. The van der Waals surface area contributed by atoms with Crippen LogP contribution in [-0.2, 0) is 24.7 Å². The summed E-state index contributed by atoms with van der Waals surface area (Å²) in [6.07, 6.45) is 5.74. The molecule has 1 amide bonds. The zero-order valence-electron chi connectivity index (χ0n) is 13.1. The average Bonchev–Trinajstić information content (AvgIpc) is 3.23. The van der Waals surface area contributed by atoms with Gasteiger partial charge in [0.05, 0.1) is 22.0 Å². The minimum absolute atomic E-state index is 0.00349. The van der Waals surface area contributed by atoms with Crippen LogP contribution in [0.4, 0.5) is 5.13 Å². The van der Waals surface area contributed by atoms with Gasteiger partial charge in [0.2, 0.25) is 5.91 Å². The Morgan fingerprint density at radius 2 is 2.29 bits per heavy atom. The Kier molecular flexibility index (Phi) is 3.81. The molecule has 0 bridgehead atoms. The number of hydrogen-bond donors (Lipinski definition) is 1. The third kappa shape index (κ3) is 2.80. The number of hydrogen-bond acceptors (Lipinski definition) is 6. The summed E-state index contributed by atoms with van der Waals surface area (Å²) < 4.78 is 1.76. The van der Waals surface area contributed by atoms with Gasteiger partial charge in [0.15, 0.2) is 5.13 Å². The van der Waals surface area contributed by atoms with Crippen molar-refractivity contribution in [1.82, 2.24) is 25.0 Å². The van der Waals surface area contributed by atoms with Crippen LogP contribution in [0.1, 0.15) is 17.8 Å². The van der Waals surface area contributed by atoms with Gasteiger partial charge in [-0.25, -0.2) is 4.98 Å². The zero-order chi connectivity index (χ0) is 16.5. The van der Waals surface area contributed by atoms with Gasteiger partial charge in [0.1, 0.15) is 0 Å². The van der Waals surface area contributed by atoms with Crippen LogP contribution in [0.2, 0.25) is 0 Å². The molecule has 0 saturated carbocycles. The third-order valence-electron chi connectivity index (χ3n) is 4.22. The maximum absolute atomic E-state index is 12.5. The first-order valence-corrected chi connectivity index (χ1v) is 8.58. The van der Waals surface area contributed by atoms with Gasteiger partial charge >= 0.3 is 0 Å². The van der Waals surface area contributed by atoms with Gasteiger partial charge in [-0.05, 0) is 25.0 Å². The number of nitrogens with one attached hydrogen (secondary N) is 1. The maximum atomic E-state index is 12.5. The molecule has 3 heterocycles.